The molecule has 2 atom stereocenters. The predicted octanol–water partition coefficient (Wildman–Crippen LogP) is 3.68. The van der Waals surface area contributed by atoms with Crippen LogP contribution in [0.3, 0.4) is 0 Å². The molecule has 1 aromatic heterocycles. The first-order valence-electron chi connectivity index (χ1n) is 7.40. The predicted molar refractivity (Wildman–Crippen MR) is 80.6 cm³/mol. The Morgan fingerprint density at radius 2 is 2.00 bits per heavy atom. The van der Waals surface area contributed by atoms with Gasteiger partial charge in [0.15, 0.2) is 11.5 Å². The number of ether oxygens (including phenoxy) is 2. The fourth-order valence-corrected chi connectivity index (χ4v) is 2.61. The maximum atomic E-state index is 5.42. The van der Waals surface area contributed by atoms with E-state index in [2.05, 4.69) is 31.3 Å². The molecule has 1 aliphatic rings. The molecule has 0 fully saturated rings. The molecule has 0 bridgehead atoms. The minimum absolute atomic E-state index is 0.228. The Morgan fingerprint density at radius 3 is 2.81 bits per heavy atom. The summed E-state index contributed by atoms with van der Waals surface area (Å²) < 4.78 is 16.2. The number of hydrogen-bond acceptors (Lipinski definition) is 4. The van der Waals surface area contributed by atoms with Gasteiger partial charge in [-0.3, -0.25) is 0 Å². The second-order valence-corrected chi connectivity index (χ2v) is 5.53. The first-order valence-corrected chi connectivity index (χ1v) is 7.40. The Kier molecular flexibility index (Phi) is 4.15. The Balaban J connectivity index is 1.50. The summed E-state index contributed by atoms with van der Waals surface area (Å²) in [6, 6.07) is 10.7. The maximum absolute atomic E-state index is 5.42. The molecule has 0 amide bonds. The number of rotatable bonds is 6. The molecule has 1 unspecified atom stereocenters. The van der Waals surface area contributed by atoms with Crippen LogP contribution in [0.1, 0.15) is 37.6 Å². The standard InChI is InChI=1S/C17H21NO3/c1-12(18-13(2)15-4-3-9-19-15)5-6-14-7-8-16-17(10-14)21-11-20-16/h3-4,7-10,12-13,18H,5-6,11H2,1-2H3/t12?,13-/m0/s1. The van der Waals surface area contributed by atoms with Crippen LogP contribution in [0.25, 0.3) is 0 Å². The quantitative estimate of drug-likeness (QED) is 0.880. The third kappa shape index (κ3) is 3.39. The van der Waals surface area contributed by atoms with E-state index in [0.29, 0.717) is 12.8 Å². The fraction of sp³-hybridized carbons (Fsp3) is 0.412. The topological polar surface area (TPSA) is 43.6 Å². The number of hydrogen-bond donors (Lipinski definition) is 1. The Bertz CT molecular complexity index is 580. The van der Waals surface area contributed by atoms with Crippen molar-refractivity contribution in [1.29, 1.82) is 0 Å². The molecule has 3 rings (SSSR count). The number of aryl methyl sites for hydroxylation is 1. The van der Waals surface area contributed by atoms with Crippen LogP contribution in [-0.4, -0.2) is 12.8 Å². The molecule has 2 aromatic rings. The monoisotopic (exact) mass is 287 g/mol. The Labute approximate surface area is 125 Å². The highest BCUT2D eigenvalue weighted by molar-refractivity contribution is 5.44. The number of furan rings is 1. The molecule has 0 aliphatic carbocycles. The van der Waals surface area contributed by atoms with E-state index in [1.54, 1.807) is 6.26 Å². The Morgan fingerprint density at radius 1 is 1.14 bits per heavy atom. The minimum Gasteiger partial charge on any atom is -0.468 e. The summed E-state index contributed by atoms with van der Waals surface area (Å²) in [7, 11) is 0. The zero-order valence-electron chi connectivity index (χ0n) is 12.5. The lowest BCUT2D eigenvalue weighted by Crippen LogP contribution is -2.29. The molecule has 0 radical (unpaired) electrons. The molecule has 2 heterocycles. The van der Waals surface area contributed by atoms with E-state index < -0.39 is 0 Å². The van der Waals surface area contributed by atoms with Gasteiger partial charge in [0.2, 0.25) is 6.79 Å². The van der Waals surface area contributed by atoms with Crippen molar-refractivity contribution in [2.75, 3.05) is 6.79 Å². The molecule has 4 nitrogen and oxygen atoms in total. The van der Waals surface area contributed by atoms with Crippen LogP contribution in [0.15, 0.2) is 41.0 Å². The highest BCUT2D eigenvalue weighted by Crippen LogP contribution is 2.32. The molecule has 0 saturated carbocycles. The molecule has 0 saturated heterocycles. The van der Waals surface area contributed by atoms with Gasteiger partial charge in [-0.25, -0.2) is 0 Å². The van der Waals surface area contributed by atoms with Crippen molar-refractivity contribution in [3.63, 3.8) is 0 Å². The van der Waals surface area contributed by atoms with E-state index in [-0.39, 0.29) is 6.04 Å². The SMILES string of the molecule is CC(CCc1ccc2c(c1)OCO2)N[C@@H](C)c1ccco1. The van der Waals surface area contributed by atoms with Gasteiger partial charge in [-0.05, 0) is 56.5 Å². The minimum atomic E-state index is 0.228. The van der Waals surface area contributed by atoms with Crippen LogP contribution < -0.4 is 14.8 Å². The second-order valence-electron chi connectivity index (χ2n) is 5.53. The molecule has 4 heteroatoms. The number of benzene rings is 1. The van der Waals surface area contributed by atoms with Crippen LogP contribution in [0.2, 0.25) is 0 Å². The highest BCUT2D eigenvalue weighted by Gasteiger charge is 2.14. The molecule has 21 heavy (non-hydrogen) atoms. The molecular formula is C17H21NO3. The Hall–Kier alpha value is -1.94. The van der Waals surface area contributed by atoms with Gasteiger partial charge in [0.1, 0.15) is 5.76 Å². The van der Waals surface area contributed by atoms with Crippen molar-refractivity contribution >= 4 is 0 Å². The smallest absolute Gasteiger partial charge is 0.231 e. The summed E-state index contributed by atoms with van der Waals surface area (Å²) in [5.41, 5.74) is 1.28. The van der Waals surface area contributed by atoms with E-state index in [1.807, 2.05) is 18.2 Å². The van der Waals surface area contributed by atoms with E-state index in [9.17, 15) is 0 Å². The average Bonchev–Trinajstić information content (AvgIpc) is 3.15. The summed E-state index contributed by atoms with van der Waals surface area (Å²) in [5.74, 6) is 2.68. The van der Waals surface area contributed by atoms with Gasteiger partial charge < -0.3 is 19.2 Å². The van der Waals surface area contributed by atoms with Crippen molar-refractivity contribution in [2.24, 2.45) is 0 Å². The lowest BCUT2D eigenvalue weighted by Gasteiger charge is -2.18. The van der Waals surface area contributed by atoms with Crippen LogP contribution in [0, 0.1) is 0 Å². The molecule has 1 N–H and O–H groups in total. The maximum Gasteiger partial charge on any atom is 0.231 e. The van der Waals surface area contributed by atoms with Crippen LogP contribution in [0.5, 0.6) is 11.5 Å². The lowest BCUT2D eigenvalue weighted by atomic mass is 10.0. The molecule has 1 aliphatic heterocycles. The van der Waals surface area contributed by atoms with Gasteiger partial charge in [0, 0.05) is 6.04 Å². The van der Waals surface area contributed by atoms with Gasteiger partial charge >= 0.3 is 0 Å². The molecule has 112 valence electrons. The van der Waals surface area contributed by atoms with E-state index in [0.717, 1.165) is 30.1 Å². The number of nitrogens with one attached hydrogen (secondary N) is 1. The van der Waals surface area contributed by atoms with Crippen LogP contribution >= 0.6 is 0 Å². The van der Waals surface area contributed by atoms with Crippen molar-refractivity contribution in [1.82, 2.24) is 5.32 Å². The van der Waals surface area contributed by atoms with Crippen molar-refractivity contribution in [3.05, 3.63) is 47.9 Å². The van der Waals surface area contributed by atoms with Crippen molar-refractivity contribution in [3.8, 4) is 11.5 Å². The first-order chi connectivity index (χ1) is 10.2. The zero-order chi connectivity index (χ0) is 14.7. The first kappa shape index (κ1) is 14.0. The molecular weight excluding hydrogens is 266 g/mol. The largest absolute Gasteiger partial charge is 0.468 e. The highest BCUT2D eigenvalue weighted by atomic mass is 16.7. The van der Waals surface area contributed by atoms with Gasteiger partial charge in [-0.1, -0.05) is 6.07 Å². The van der Waals surface area contributed by atoms with Gasteiger partial charge in [0.25, 0.3) is 0 Å². The second kappa shape index (κ2) is 6.22. The summed E-state index contributed by atoms with van der Waals surface area (Å²) in [4.78, 5) is 0. The van der Waals surface area contributed by atoms with E-state index in [1.165, 1.54) is 5.56 Å². The van der Waals surface area contributed by atoms with Gasteiger partial charge in [0.05, 0.1) is 12.3 Å². The third-order valence-corrected chi connectivity index (χ3v) is 3.81. The molecule has 1 aromatic carbocycles. The molecule has 0 spiro atoms. The van der Waals surface area contributed by atoms with Crippen molar-refractivity contribution in [2.45, 2.75) is 38.8 Å². The van der Waals surface area contributed by atoms with Gasteiger partial charge in [-0.15, -0.1) is 0 Å². The average molecular weight is 287 g/mol. The summed E-state index contributed by atoms with van der Waals surface area (Å²) in [6.07, 6.45) is 3.78. The summed E-state index contributed by atoms with van der Waals surface area (Å²) in [6.45, 7) is 4.65. The normalized spacial score (nSPS) is 15.9. The lowest BCUT2D eigenvalue weighted by molar-refractivity contribution is 0.174. The zero-order valence-corrected chi connectivity index (χ0v) is 12.5. The fourth-order valence-electron chi connectivity index (χ4n) is 2.61. The summed E-state index contributed by atoms with van der Waals surface area (Å²) in [5, 5.41) is 3.56. The van der Waals surface area contributed by atoms with Crippen molar-refractivity contribution < 1.29 is 13.9 Å². The third-order valence-electron chi connectivity index (χ3n) is 3.81. The number of fused-ring (bicyclic) bond motifs is 1. The van der Waals surface area contributed by atoms with Crippen LogP contribution in [-0.2, 0) is 6.42 Å². The summed E-state index contributed by atoms with van der Waals surface area (Å²) >= 11 is 0. The van der Waals surface area contributed by atoms with Crippen LogP contribution in [0.4, 0.5) is 0 Å². The van der Waals surface area contributed by atoms with Gasteiger partial charge in [-0.2, -0.15) is 0 Å². The van der Waals surface area contributed by atoms with E-state index >= 15 is 0 Å². The van der Waals surface area contributed by atoms with E-state index in [4.69, 9.17) is 13.9 Å².